The van der Waals surface area contributed by atoms with E-state index in [1.807, 2.05) is 7.05 Å². The number of nitrogens with zero attached hydrogens (tertiary/aromatic N) is 1. The summed E-state index contributed by atoms with van der Waals surface area (Å²) in [7, 11) is 2.01. The average Bonchev–Trinajstić information content (AvgIpc) is 2.66. The molecule has 0 aliphatic rings. The van der Waals surface area contributed by atoms with Crippen LogP contribution >= 0.6 is 0 Å². The van der Waals surface area contributed by atoms with Crippen LogP contribution in [0.25, 0.3) is 10.9 Å². The first kappa shape index (κ1) is 13.2. The van der Waals surface area contributed by atoms with Crippen LogP contribution in [0.4, 0.5) is 0 Å². The van der Waals surface area contributed by atoms with Crippen LogP contribution < -0.4 is 5.32 Å². The molecule has 1 aromatic heterocycles. The highest BCUT2D eigenvalue weighted by molar-refractivity contribution is 5.85. The van der Waals surface area contributed by atoms with Crippen molar-refractivity contribution in [3.05, 3.63) is 35.5 Å². The molecule has 0 fully saturated rings. The Morgan fingerprint density at radius 2 is 2.06 bits per heavy atom. The van der Waals surface area contributed by atoms with Crippen LogP contribution in [0.5, 0.6) is 0 Å². The van der Waals surface area contributed by atoms with Crippen molar-refractivity contribution < 1.29 is 0 Å². The number of hydrogen-bond acceptors (Lipinski definition) is 1. The molecule has 0 spiro atoms. The summed E-state index contributed by atoms with van der Waals surface area (Å²) >= 11 is 0. The molecular formula is C16H24N2. The molecule has 2 rings (SSSR count). The van der Waals surface area contributed by atoms with Crippen LogP contribution in [0.15, 0.2) is 24.3 Å². The van der Waals surface area contributed by atoms with Gasteiger partial charge in [-0.2, -0.15) is 0 Å². The van der Waals surface area contributed by atoms with E-state index in [1.54, 1.807) is 0 Å². The number of nitrogens with one attached hydrogen (secondary N) is 1. The molecule has 18 heavy (non-hydrogen) atoms. The SMILES string of the molecule is CNCCCc1cccc2c1cc(C)n2C(C)C. The quantitative estimate of drug-likeness (QED) is 0.794. The fraction of sp³-hybridized carbons (Fsp3) is 0.500. The predicted molar refractivity (Wildman–Crippen MR) is 79.3 cm³/mol. The van der Waals surface area contributed by atoms with Crippen molar-refractivity contribution in [2.24, 2.45) is 0 Å². The second-order valence-corrected chi connectivity index (χ2v) is 5.31. The highest BCUT2D eigenvalue weighted by atomic mass is 15.0. The Hall–Kier alpha value is -1.28. The summed E-state index contributed by atoms with van der Waals surface area (Å²) < 4.78 is 2.43. The van der Waals surface area contributed by atoms with Crippen LogP contribution in [0, 0.1) is 6.92 Å². The first-order valence-electron chi connectivity index (χ1n) is 6.89. The Kier molecular flexibility index (Phi) is 4.07. The predicted octanol–water partition coefficient (Wildman–Crippen LogP) is 3.68. The van der Waals surface area contributed by atoms with E-state index in [9.17, 15) is 0 Å². The lowest BCUT2D eigenvalue weighted by Crippen LogP contribution is -2.08. The third-order valence-corrected chi connectivity index (χ3v) is 3.56. The summed E-state index contributed by atoms with van der Waals surface area (Å²) in [5.74, 6) is 0. The highest BCUT2D eigenvalue weighted by Gasteiger charge is 2.10. The Morgan fingerprint density at radius 3 is 2.72 bits per heavy atom. The molecule has 0 radical (unpaired) electrons. The van der Waals surface area contributed by atoms with Gasteiger partial charge in [0.15, 0.2) is 0 Å². The number of hydrogen-bond donors (Lipinski definition) is 1. The molecule has 0 aliphatic carbocycles. The lowest BCUT2D eigenvalue weighted by atomic mass is 10.1. The van der Waals surface area contributed by atoms with Crippen LogP contribution in [-0.4, -0.2) is 18.2 Å². The first-order chi connectivity index (χ1) is 8.65. The number of benzene rings is 1. The lowest BCUT2D eigenvalue weighted by molar-refractivity contribution is 0.608. The summed E-state index contributed by atoms with van der Waals surface area (Å²) in [5.41, 5.74) is 4.22. The average molecular weight is 244 g/mol. The summed E-state index contributed by atoms with van der Waals surface area (Å²) in [6, 6.07) is 9.56. The van der Waals surface area contributed by atoms with Gasteiger partial charge < -0.3 is 9.88 Å². The van der Waals surface area contributed by atoms with Gasteiger partial charge in [0.1, 0.15) is 0 Å². The van der Waals surface area contributed by atoms with Crippen molar-refractivity contribution in [3.8, 4) is 0 Å². The molecule has 1 heterocycles. The maximum Gasteiger partial charge on any atom is 0.0487 e. The van der Waals surface area contributed by atoms with Crippen molar-refractivity contribution in [3.63, 3.8) is 0 Å². The maximum atomic E-state index is 3.22. The van der Waals surface area contributed by atoms with Crippen molar-refractivity contribution in [1.82, 2.24) is 9.88 Å². The van der Waals surface area contributed by atoms with Gasteiger partial charge in [0.2, 0.25) is 0 Å². The number of rotatable bonds is 5. The molecular weight excluding hydrogens is 220 g/mol. The topological polar surface area (TPSA) is 17.0 Å². The summed E-state index contributed by atoms with van der Waals surface area (Å²) in [5, 5.41) is 4.65. The molecule has 2 heteroatoms. The van der Waals surface area contributed by atoms with Gasteiger partial charge in [0, 0.05) is 22.6 Å². The minimum Gasteiger partial charge on any atom is -0.342 e. The highest BCUT2D eigenvalue weighted by Crippen LogP contribution is 2.27. The van der Waals surface area contributed by atoms with Gasteiger partial charge in [0.05, 0.1) is 0 Å². The summed E-state index contributed by atoms with van der Waals surface area (Å²) in [6.45, 7) is 7.79. The molecule has 0 amide bonds. The molecule has 0 unspecified atom stereocenters. The number of aryl methyl sites for hydroxylation is 2. The van der Waals surface area contributed by atoms with Crippen LogP contribution in [0.2, 0.25) is 0 Å². The molecule has 2 aromatic rings. The standard InChI is InChI=1S/C16H24N2/c1-12(2)18-13(3)11-15-14(8-6-10-17-4)7-5-9-16(15)18/h5,7,9,11-12,17H,6,8,10H2,1-4H3. The van der Waals surface area contributed by atoms with Gasteiger partial charge in [-0.15, -0.1) is 0 Å². The molecule has 98 valence electrons. The van der Waals surface area contributed by atoms with E-state index in [0.29, 0.717) is 6.04 Å². The van der Waals surface area contributed by atoms with Crippen molar-refractivity contribution >= 4 is 10.9 Å². The molecule has 0 atom stereocenters. The van der Waals surface area contributed by atoms with Gasteiger partial charge >= 0.3 is 0 Å². The van der Waals surface area contributed by atoms with Crippen molar-refractivity contribution in [2.75, 3.05) is 13.6 Å². The Labute approximate surface area is 110 Å². The van der Waals surface area contributed by atoms with E-state index >= 15 is 0 Å². The Bertz CT molecular complexity index is 523. The lowest BCUT2D eigenvalue weighted by Gasteiger charge is -2.12. The van der Waals surface area contributed by atoms with E-state index in [4.69, 9.17) is 0 Å². The van der Waals surface area contributed by atoms with Crippen LogP contribution in [-0.2, 0) is 6.42 Å². The third-order valence-electron chi connectivity index (χ3n) is 3.56. The minimum absolute atomic E-state index is 0.523. The molecule has 0 saturated carbocycles. The van der Waals surface area contributed by atoms with Gasteiger partial charge in [-0.1, -0.05) is 12.1 Å². The van der Waals surface area contributed by atoms with Gasteiger partial charge in [-0.05, 0) is 64.9 Å². The fourth-order valence-electron chi connectivity index (χ4n) is 2.80. The largest absolute Gasteiger partial charge is 0.342 e. The van der Waals surface area contributed by atoms with Crippen molar-refractivity contribution in [2.45, 2.75) is 39.7 Å². The molecule has 2 nitrogen and oxygen atoms in total. The van der Waals surface area contributed by atoms with E-state index in [1.165, 1.54) is 28.6 Å². The maximum absolute atomic E-state index is 3.22. The zero-order valence-electron chi connectivity index (χ0n) is 12.0. The van der Waals surface area contributed by atoms with E-state index in [-0.39, 0.29) is 0 Å². The number of aromatic nitrogens is 1. The smallest absolute Gasteiger partial charge is 0.0487 e. The monoisotopic (exact) mass is 244 g/mol. The van der Waals surface area contributed by atoms with Gasteiger partial charge in [0.25, 0.3) is 0 Å². The first-order valence-corrected chi connectivity index (χ1v) is 6.89. The molecule has 0 bridgehead atoms. The second-order valence-electron chi connectivity index (χ2n) is 5.31. The van der Waals surface area contributed by atoms with E-state index in [0.717, 1.165) is 13.0 Å². The molecule has 1 N–H and O–H groups in total. The molecule has 0 aliphatic heterocycles. The normalized spacial score (nSPS) is 11.6. The summed E-state index contributed by atoms with van der Waals surface area (Å²) in [4.78, 5) is 0. The zero-order valence-corrected chi connectivity index (χ0v) is 12.0. The molecule has 1 aromatic carbocycles. The van der Waals surface area contributed by atoms with Crippen LogP contribution in [0.3, 0.4) is 0 Å². The minimum atomic E-state index is 0.523. The third kappa shape index (κ3) is 2.44. The number of fused-ring (bicyclic) bond motifs is 1. The van der Waals surface area contributed by atoms with Gasteiger partial charge in [-0.25, -0.2) is 0 Å². The van der Waals surface area contributed by atoms with E-state index < -0.39 is 0 Å². The summed E-state index contributed by atoms with van der Waals surface area (Å²) in [6.07, 6.45) is 2.35. The van der Waals surface area contributed by atoms with E-state index in [2.05, 4.69) is 54.9 Å². The van der Waals surface area contributed by atoms with Gasteiger partial charge in [-0.3, -0.25) is 0 Å². The van der Waals surface area contributed by atoms with Crippen molar-refractivity contribution in [1.29, 1.82) is 0 Å². The zero-order chi connectivity index (χ0) is 13.1. The Morgan fingerprint density at radius 1 is 1.28 bits per heavy atom. The Balaban J connectivity index is 2.41. The van der Waals surface area contributed by atoms with Crippen LogP contribution in [0.1, 0.15) is 37.6 Å². The fourth-order valence-corrected chi connectivity index (χ4v) is 2.80. The second kappa shape index (κ2) is 5.57. The molecule has 0 saturated heterocycles.